The lowest BCUT2D eigenvalue weighted by Crippen LogP contribution is -2.20. The van der Waals surface area contributed by atoms with Crippen molar-refractivity contribution in [3.05, 3.63) is 35.7 Å². The molecule has 1 aliphatic heterocycles. The van der Waals surface area contributed by atoms with Gasteiger partial charge in [-0.15, -0.1) is 0 Å². The number of ether oxygens (including phenoxy) is 1. The summed E-state index contributed by atoms with van der Waals surface area (Å²) in [6.45, 7) is 3.13. The van der Waals surface area contributed by atoms with Gasteiger partial charge in [-0.1, -0.05) is 0 Å². The Balaban J connectivity index is 1.96. The van der Waals surface area contributed by atoms with Gasteiger partial charge in [0.25, 0.3) is 0 Å². The fourth-order valence-electron chi connectivity index (χ4n) is 3.33. The zero-order chi connectivity index (χ0) is 19.8. The molecule has 9 heteroatoms. The molecular weight excluding hydrogens is 360 g/mol. The van der Waals surface area contributed by atoms with Gasteiger partial charge in [0.2, 0.25) is 5.88 Å². The number of rotatable bonds is 2. The molecule has 0 unspecified atom stereocenters. The van der Waals surface area contributed by atoms with Gasteiger partial charge >= 0.3 is 6.09 Å². The Morgan fingerprint density at radius 2 is 2.18 bits per heavy atom. The molecule has 28 heavy (non-hydrogen) atoms. The minimum Gasteiger partial charge on any atom is -0.474 e. The van der Waals surface area contributed by atoms with E-state index in [1.807, 2.05) is 6.92 Å². The Labute approximate surface area is 159 Å². The smallest absolute Gasteiger partial charge is 0.410 e. The van der Waals surface area contributed by atoms with E-state index in [0.29, 0.717) is 40.9 Å². The summed E-state index contributed by atoms with van der Waals surface area (Å²) < 4.78 is 5.56. The number of nitriles is 1. The third-order valence-corrected chi connectivity index (χ3v) is 4.65. The van der Waals surface area contributed by atoms with E-state index in [4.69, 9.17) is 15.6 Å². The van der Waals surface area contributed by atoms with Gasteiger partial charge in [-0.05, 0) is 30.0 Å². The van der Waals surface area contributed by atoms with E-state index in [0.717, 1.165) is 16.8 Å². The SMILES string of the molecule is Cc1c(-c2cc3cc(NC(=O)O)ncc3c(N)c2C#N)cnc2c1NCCO2. The molecule has 1 aromatic carbocycles. The number of carbonyl (C=O) groups is 1. The van der Waals surface area contributed by atoms with Crippen molar-refractivity contribution >= 4 is 34.1 Å². The lowest BCUT2D eigenvalue weighted by molar-refractivity contribution is 0.209. The normalized spacial score (nSPS) is 12.4. The average Bonchev–Trinajstić information content (AvgIpc) is 2.68. The highest BCUT2D eigenvalue weighted by Crippen LogP contribution is 2.40. The number of benzene rings is 1. The molecule has 4 rings (SSSR count). The number of pyridine rings is 2. The topological polar surface area (TPSA) is 146 Å². The second kappa shape index (κ2) is 6.59. The van der Waals surface area contributed by atoms with E-state index < -0.39 is 6.09 Å². The van der Waals surface area contributed by atoms with Crippen molar-refractivity contribution in [2.24, 2.45) is 0 Å². The molecule has 3 aromatic rings. The van der Waals surface area contributed by atoms with E-state index in [2.05, 4.69) is 26.7 Å². The molecular formula is C19H16N6O3. The monoisotopic (exact) mass is 376 g/mol. The molecule has 0 radical (unpaired) electrons. The van der Waals surface area contributed by atoms with Gasteiger partial charge in [0.15, 0.2) is 0 Å². The maximum atomic E-state index is 10.9. The van der Waals surface area contributed by atoms with Gasteiger partial charge in [0.05, 0.1) is 11.3 Å². The summed E-state index contributed by atoms with van der Waals surface area (Å²) in [6, 6.07) is 5.53. The first-order chi connectivity index (χ1) is 13.5. The number of nitrogen functional groups attached to an aromatic ring is 1. The molecule has 1 amide bonds. The first-order valence-electron chi connectivity index (χ1n) is 8.48. The van der Waals surface area contributed by atoms with Crippen molar-refractivity contribution in [2.75, 3.05) is 29.5 Å². The van der Waals surface area contributed by atoms with Gasteiger partial charge in [-0.25, -0.2) is 14.8 Å². The van der Waals surface area contributed by atoms with E-state index in [9.17, 15) is 10.1 Å². The molecule has 5 N–H and O–H groups in total. The number of carboxylic acid groups (broad SMARTS) is 1. The second-order valence-electron chi connectivity index (χ2n) is 6.30. The molecule has 1 aliphatic rings. The lowest BCUT2D eigenvalue weighted by atomic mass is 9.93. The molecule has 0 saturated carbocycles. The minimum absolute atomic E-state index is 0.172. The second-order valence-corrected chi connectivity index (χ2v) is 6.30. The molecule has 0 atom stereocenters. The van der Waals surface area contributed by atoms with Crippen LogP contribution in [0.15, 0.2) is 24.5 Å². The van der Waals surface area contributed by atoms with Gasteiger partial charge in [-0.3, -0.25) is 5.32 Å². The molecule has 140 valence electrons. The summed E-state index contributed by atoms with van der Waals surface area (Å²) in [5.41, 5.74) is 9.87. The molecule has 0 spiro atoms. The number of anilines is 3. The number of nitrogens with zero attached hydrogens (tertiary/aromatic N) is 3. The maximum absolute atomic E-state index is 10.9. The fraction of sp³-hybridized carbons (Fsp3) is 0.158. The highest BCUT2D eigenvalue weighted by atomic mass is 16.5. The van der Waals surface area contributed by atoms with E-state index in [1.165, 1.54) is 6.20 Å². The highest BCUT2D eigenvalue weighted by molar-refractivity contribution is 6.02. The number of nitrogens with two attached hydrogens (primary N) is 1. The zero-order valence-electron chi connectivity index (χ0n) is 14.9. The summed E-state index contributed by atoms with van der Waals surface area (Å²) in [6.07, 6.45) is 1.89. The average molecular weight is 376 g/mol. The first kappa shape index (κ1) is 17.4. The Hall–Kier alpha value is -4.06. The molecule has 0 bridgehead atoms. The Morgan fingerprint density at radius 3 is 2.93 bits per heavy atom. The van der Waals surface area contributed by atoms with Crippen molar-refractivity contribution in [3.63, 3.8) is 0 Å². The lowest BCUT2D eigenvalue weighted by Gasteiger charge is -2.22. The summed E-state index contributed by atoms with van der Waals surface area (Å²) >= 11 is 0. The van der Waals surface area contributed by atoms with Crippen molar-refractivity contribution in [3.8, 4) is 23.1 Å². The summed E-state index contributed by atoms with van der Waals surface area (Å²) in [4.78, 5) is 19.3. The molecule has 2 aromatic heterocycles. The number of nitrogens with one attached hydrogen (secondary N) is 2. The minimum atomic E-state index is -1.21. The van der Waals surface area contributed by atoms with Crippen LogP contribution in [0.1, 0.15) is 11.1 Å². The van der Waals surface area contributed by atoms with Crippen LogP contribution in [0, 0.1) is 18.3 Å². The van der Waals surface area contributed by atoms with Crippen LogP contribution in [-0.4, -0.2) is 34.3 Å². The number of fused-ring (bicyclic) bond motifs is 2. The fourth-order valence-corrected chi connectivity index (χ4v) is 3.33. The quantitative estimate of drug-likeness (QED) is 0.499. The Bertz CT molecular complexity index is 1170. The maximum Gasteiger partial charge on any atom is 0.410 e. The van der Waals surface area contributed by atoms with Crippen LogP contribution in [0.3, 0.4) is 0 Å². The van der Waals surface area contributed by atoms with Gasteiger partial charge < -0.3 is 20.9 Å². The number of hydrogen-bond acceptors (Lipinski definition) is 7. The van der Waals surface area contributed by atoms with E-state index >= 15 is 0 Å². The highest BCUT2D eigenvalue weighted by Gasteiger charge is 2.21. The van der Waals surface area contributed by atoms with Crippen LogP contribution in [0.25, 0.3) is 21.9 Å². The Kier molecular flexibility index (Phi) is 4.08. The van der Waals surface area contributed by atoms with Crippen LogP contribution < -0.4 is 21.1 Å². The van der Waals surface area contributed by atoms with Crippen molar-refractivity contribution < 1.29 is 14.6 Å². The van der Waals surface area contributed by atoms with Crippen LogP contribution in [0.5, 0.6) is 5.88 Å². The van der Waals surface area contributed by atoms with Gasteiger partial charge in [0, 0.05) is 35.5 Å². The summed E-state index contributed by atoms with van der Waals surface area (Å²) in [7, 11) is 0. The number of hydrogen-bond donors (Lipinski definition) is 4. The predicted octanol–water partition coefficient (Wildman–Crippen LogP) is 2.95. The largest absolute Gasteiger partial charge is 0.474 e. The van der Waals surface area contributed by atoms with Crippen LogP contribution in [-0.2, 0) is 0 Å². The van der Waals surface area contributed by atoms with E-state index in [1.54, 1.807) is 18.3 Å². The standard InChI is InChI=1S/C19H16N6O3/c1-9-13(7-24-18-17(9)22-2-3-28-18)11-4-10-5-15(25-19(26)27)23-8-14(10)16(21)12(11)6-20/h4-5,7-8,22H,2-3,21H2,1H3,(H,23,25)(H,26,27). The molecule has 9 nitrogen and oxygen atoms in total. The first-order valence-corrected chi connectivity index (χ1v) is 8.48. The van der Waals surface area contributed by atoms with Gasteiger partial charge in [0.1, 0.15) is 24.2 Å². The van der Waals surface area contributed by atoms with Crippen LogP contribution in [0.2, 0.25) is 0 Å². The summed E-state index contributed by atoms with van der Waals surface area (Å²) in [5, 5.41) is 25.4. The third kappa shape index (κ3) is 2.77. The van der Waals surface area contributed by atoms with Crippen LogP contribution in [0.4, 0.5) is 22.0 Å². The third-order valence-electron chi connectivity index (χ3n) is 4.65. The predicted molar refractivity (Wildman–Crippen MR) is 104 cm³/mol. The molecule has 3 heterocycles. The number of aromatic nitrogens is 2. The zero-order valence-corrected chi connectivity index (χ0v) is 14.9. The number of amides is 1. The van der Waals surface area contributed by atoms with Crippen LogP contribution >= 0.6 is 0 Å². The molecule has 0 saturated heterocycles. The van der Waals surface area contributed by atoms with Gasteiger partial charge in [-0.2, -0.15) is 5.26 Å². The van der Waals surface area contributed by atoms with E-state index in [-0.39, 0.29) is 11.5 Å². The molecule has 0 fully saturated rings. The van der Waals surface area contributed by atoms with Crippen molar-refractivity contribution in [1.82, 2.24) is 9.97 Å². The molecule has 0 aliphatic carbocycles. The van der Waals surface area contributed by atoms with Crippen molar-refractivity contribution in [1.29, 1.82) is 5.26 Å². The van der Waals surface area contributed by atoms with Crippen molar-refractivity contribution in [2.45, 2.75) is 6.92 Å². The summed E-state index contributed by atoms with van der Waals surface area (Å²) in [5.74, 6) is 0.697. The Morgan fingerprint density at radius 1 is 1.36 bits per heavy atom.